The van der Waals surface area contributed by atoms with Gasteiger partial charge in [0.2, 0.25) is 0 Å². The number of methoxy groups -OCH3 is 1. The van der Waals surface area contributed by atoms with Gasteiger partial charge in [0.15, 0.2) is 11.5 Å². The van der Waals surface area contributed by atoms with Crippen molar-refractivity contribution < 1.29 is 19.4 Å². The monoisotopic (exact) mass is 279 g/mol. The molecule has 0 saturated carbocycles. The lowest BCUT2D eigenvalue weighted by Gasteiger charge is -2.27. The highest BCUT2D eigenvalue weighted by atomic mass is 16.5. The highest BCUT2D eigenvalue weighted by Gasteiger charge is 2.19. The van der Waals surface area contributed by atoms with Gasteiger partial charge in [-0.1, -0.05) is 12.1 Å². The summed E-state index contributed by atoms with van der Waals surface area (Å²) in [5.74, 6) is 1.59. The molecule has 1 fully saturated rings. The Morgan fingerprint density at radius 2 is 1.90 bits per heavy atom. The number of nitrogens with zero attached hydrogens (tertiary/aromatic N) is 1. The highest BCUT2D eigenvalue weighted by Crippen LogP contribution is 2.25. The fourth-order valence-electron chi connectivity index (χ4n) is 2.26. The Hall–Kier alpha value is -1.59. The Labute approximate surface area is 119 Å². The minimum atomic E-state index is -0.576. The van der Waals surface area contributed by atoms with E-state index >= 15 is 0 Å². The molecule has 20 heavy (non-hydrogen) atoms. The zero-order chi connectivity index (χ0) is 14.4. The van der Waals surface area contributed by atoms with E-state index in [1.165, 1.54) is 0 Å². The van der Waals surface area contributed by atoms with Gasteiger partial charge in [0.25, 0.3) is 0 Å². The van der Waals surface area contributed by atoms with Crippen molar-refractivity contribution in [2.45, 2.75) is 18.9 Å². The first-order valence-corrected chi connectivity index (χ1v) is 6.87. The van der Waals surface area contributed by atoms with Crippen LogP contribution in [-0.2, 0) is 4.79 Å². The summed E-state index contributed by atoms with van der Waals surface area (Å²) in [4.78, 5) is 13.2. The molecule has 1 saturated heterocycles. The molecule has 110 valence electrons. The van der Waals surface area contributed by atoms with Crippen LogP contribution in [0.15, 0.2) is 24.3 Å². The average Bonchev–Trinajstić information content (AvgIpc) is 2.48. The van der Waals surface area contributed by atoms with Gasteiger partial charge in [0.1, 0.15) is 18.5 Å². The number of rotatable bonds is 6. The van der Waals surface area contributed by atoms with Gasteiger partial charge in [-0.05, 0) is 12.1 Å². The van der Waals surface area contributed by atoms with Gasteiger partial charge in [-0.15, -0.1) is 0 Å². The van der Waals surface area contributed by atoms with Crippen LogP contribution in [0.1, 0.15) is 12.8 Å². The number of benzene rings is 1. The first-order valence-electron chi connectivity index (χ1n) is 6.87. The quantitative estimate of drug-likeness (QED) is 0.845. The molecule has 1 aromatic rings. The molecule has 0 bridgehead atoms. The van der Waals surface area contributed by atoms with E-state index in [2.05, 4.69) is 4.90 Å². The Morgan fingerprint density at radius 1 is 1.25 bits per heavy atom. The van der Waals surface area contributed by atoms with Crippen molar-refractivity contribution in [2.75, 3.05) is 33.4 Å². The second kappa shape index (κ2) is 7.26. The van der Waals surface area contributed by atoms with Crippen LogP contribution in [0.5, 0.6) is 11.5 Å². The number of aliphatic hydroxyl groups is 1. The number of ether oxygens (including phenoxy) is 2. The average molecular weight is 279 g/mol. The summed E-state index contributed by atoms with van der Waals surface area (Å²) in [5.41, 5.74) is 0. The van der Waals surface area contributed by atoms with Crippen LogP contribution in [0.2, 0.25) is 0 Å². The van der Waals surface area contributed by atoms with E-state index in [1.807, 2.05) is 24.3 Å². The lowest BCUT2D eigenvalue weighted by Crippen LogP contribution is -2.40. The van der Waals surface area contributed by atoms with E-state index in [9.17, 15) is 9.90 Å². The van der Waals surface area contributed by atoms with Crippen molar-refractivity contribution in [3.8, 4) is 11.5 Å². The number of piperidine rings is 1. The summed E-state index contributed by atoms with van der Waals surface area (Å²) in [6.45, 7) is 2.20. The van der Waals surface area contributed by atoms with Crippen LogP contribution < -0.4 is 9.47 Å². The molecule has 5 heteroatoms. The van der Waals surface area contributed by atoms with Gasteiger partial charge in [-0.3, -0.25) is 9.69 Å². The van der Waals surface area contributed by atoms with Crippen molar-refractivity contribution in [1.82, 2.24) is 4.90 Å². The van der Waals surface area contributed by atoms with Crippen molar-refractivity contribution in [1.29, 1.82) is 0 Å². The molecule has 1 unspecified atom stereocenters. The minimum absolute atomic E-state index is 0.213. The van der Waals surface area contributed by atoms with Crippen LogP contribution in [0.25, 0.3) is 0 Å². The summed E-state index contributed by atoms with van der Waals surface area (Å²) < 4.78 is 10.8. The molecular weight excluding hydrogens is 258 g/mol. The van der Waals surface area contributed by atoms with Crippen LogP contribution in [0.3, 0.4) is 0 Å². The molecule has 0 amide bonds. The lowest BCUT2D eigenvalue weighted by atomic mass is 10.1. The van der Waals surface area contributed by atoms with Gasteiger partial charge < -0.3 is 14.6 Å². The number of carbonyl (C=O) groups excluding carboxylic acids is 1. The molecule has 5 nitrogen and oxygen atoms in total. The maximum absolute atomic E-state index is 11.1. The number of carbonyl (C=O) groups is 1. The van der Waals surface area contributed by atoms with Crippen molar-refractivity contribution in [3.63, 3.8) is 0 Å². The summed E-state index contributed by atoms with van der Waals surface area (Å²) >= 11 is 0. The predicted octanol–water partition coefficient (Wildman–Crippen LogP) is 1.10. The van der Waals surface area contributed by atoms with Gasteiger partial charge in [0.05, 0.1) is 7.11 Å². The van der Waals surface area contributed by atoms with E-state index in [0.717, 1.165) is 13.1 Å². The third kappa shape index (κ3) is 4.21. The maximum Gasteiger partial charge on any atom is 0.161 e. The number of likely N-dealkylation sites (tertiary alicyclic amines) is 1. The van der Waals surface area contributed by atoms with Gasteiger partial charge in [-0.25, -0.2) is 0 Å². The fraction of sp³-hybridized carbons (Fsp3) is 0.533. The molecule has 0 spiro atoms. The standard InChI is InChI=1S/C15H21NO4/c1-19-14-4-2-3-5-15(14)20-11-13(18)10-16-8-6-12(17)7-9-16/h2-5,13,18H,6-11H2,1H3. The Balaban J connectivity index is 1.77. The molecule has 1 aliphatic heterocycles. The normalized spacial score (nSPS) is 17.8. The van der Waals surface area contributed by atoms with E-state index in [-0.39, 0.29) is 6.61 Å². The maximum atomic E-state index is 11.1. The first kappa shape index (κ1) is 14.8. The number of Topliss-reactive ketones (excluding diaryl/α,β-unsaturated/α-hetero) is 1. The Morgan fingerprint density at radius 3 is 2.55 bits per heavy atom. The molecule has 0 aromatic heterocycles. The zero-order valence-electron chi connectivity index (χ0n) is 11.7. The Bertz CT molecular complexity index is 439. The van der Waals surface area contributed by atoms with Crippen molar-refractivity contribution in [3.05, 3.63) is 24.3 Å². The minimum Gasteiger partial charge on any atom is -0.493 e. The molecule has 1 heterocycles. The fourth-order valence-corrected chi connectivity index (χ4v) is 2.26. The number of β-amino-alcohol motifs (C(OH)–C–C–N with tert-alkyl or cyclic N) is 1. The Kier molecular flexibility index (Phi) is 5.38. The summed E-state index contributed by atoms with van der Waals surface area (Å²) in [7, 11) is 1.59. The van der Waals surface area contributed by atoms with Crippen LogP contribution >= 0.6 is 0 Å². The molecule has 1 N–H and O–H groups in total. The predicted molar refractivity (Wildman–Crippen MR) is 75.2 cm³/mol. The third-order valence-electron chi connectivity index (χ3n) is 3.38. The largest absolute Gasteiger partial charge is 0.493 e. The second-order valence-electron chi connectivity index (χ2n) is 4.95. The second-order valence-corrected chi connectivity index (χ2v) is 4.95. The molecule has 1 aromatic carbocycles. The molecule has 0 radical (unpaired) electrons. The van der Waals surface area contributed by atoms with E-state index in [4.69, 9.17) is 9.47 Å². The molecule has 2 rings (SSSR count). The van der Waals surface area contributed by atoms with Gasteiger partial charge >= 0.3 is 0 Å². The molecule has 1 aliphatic rings. The highest BCUT2D eigenvalue weighted by molar-refractivity contribution is 5.79. The first-order chi connectivity index (χ1) is 9.69. The number of hydrogen-bond acceptors (Lipinski definition) is 5. The van der Waals surface area contributed by atoms with Crippen LogP contribution in [0.4, 0.5) is 0 Å². The van der Waals surface area contributed by atoms with Crippen molar-refractivity contribution >= 4 is 5.78 Å². The summed E-state index contributed by atoms with van der Waals surface area (Å²) in [6, 6.07) is 7.36. The van der Waals surface area contributed by atoms with E-state index < -0.39 is 6.10 Å². The van der Waals surface area contributed by atoms with Crippen LogP contribution in [-0.4, -0.2) is 55.2 Å². The van der Waals surface area contributed by atoms with E-state index in [0.29, 0.717) is 36.7 Å². The topological polar surface area (TPSA) is 59.0 Å². The lowest BCUT2D eigenvalue weighted by molar-refractivity contribution is -0.121. The SMILES string of the molecule is COc1ccccc1OCC(O)CN1CCC(=O)CC1. The number of aliphatic hydroxyl groups excluding tert-OH is 1. The van der Waals surface area contributed by atoms with E-state index in [1.54, 1.807) is 7.11 Å². The molecular formula is C15H21NO4. The number of para-hydroxylation sites is 2. The zero-order valence-corrected chi connectivity index (χ0v) is 11.7. The smallest absolute Gasteiger partial charge is 0.161 e. The number of ketones is 1. The summed E-state index contributed by atoms with van der Waals surface area (Å²) in [5, 5.41) is 10.00. The summed E-state index contributed by atoms with van der Waals surface area (Å²) in [6.07, 6.45) is 0.591. The van der Waals surface area contributed by atoms with Crippen molar-refractivity contribution in [2.24, 2.45) is 0 Å². The van der Waals surface area contributed by atoms with Gasteiger partial charge in [-0.2, -0.15) is 0 Å². The molecule has 1 atom stereocenters. The molecule has 0 aliphatic carbocycles. The van der Waals surface area contributed by atoms with Gasteiger partial charge in [0, 0.05) is 32.5 Å². The third-order valence-corrected chi connectivity index (χ3v) is 3.38. The van der Waals surface area contributed by atoms with Crippen LogP contribution in [0, 0.1) is 0 Å². The number of hydrogen-bond donors (Lipinski definition) is 1.